The lowest BCUT2D eigenvalue weighted by Gasteiger charge is -2.29. The lowest BCUT2D eigenvalue weighted by atomic mass is 9.98. The molecule has 1 heterocycles. The van der Waals surface area contributed by atoms with Gasteiger partial charge in [0.1, 0.15) is 5.75 Å². The molecule has 0 unspecified atom stereocenters. The van der Waals surface area contributed by atoms with Crippen molar-refractivity contribution in [1.29, 1.82) is 0 Å². The van der Waals surface area contributed by atoms with E-state index in [0.717, 1.165) is 30.2 Å². The maximum absolute atomic E-state index is 13.0. The second-order valence-corrected chi connectivity index (χ2v) is 8.36. The number of hydrogen-bond acceptors (Lipinski definition) is 6. The minimum absolute atomic E-state index is 0.0817. The van der Waals surface area contributed by atoms with Crippen molar-refractivity contribution >= 4 is 15.9 Å². The number of benzene rings is 1. The Balaban J connectivity index is 2.15. The molecule has 27 heavy (non-hydrogen) atoms. The van der Waals surface area contributed by atoms with Gasteiger partial charge in [-0.15, -0.1) is 6.58 Å². The van der Waals surface area contributed by atoms with Gasteiger partial charge in [-0.05, 0) is 62.5 Å². The fraction of sp³-hybridized carbons (Fsp3) is 0.500. The number of carbonyl (C=O) groups is 1. The molecule has 1 saturated heterocycles. The second-order valence-electron chi connectivity index (χ2n) is 6.42. The molecule has 1 aliphatic heterocycles. The molecule has 2 rings (SSSR count). The quantitative estimate of drug-likeness (QED) is 0.236. The summed E-state index contributed by atoms with van der Waals surface area (Å²) in [7, 11) is -3.88. The van der Waals surface area contributed by atoms with Crippen molar-refractivity contribution in [3.05, 3.63) is 36.9 Å². The number of carbonyl (C=O) groups excluding carboxylic acids is 1. The third-order valence-electron chi connectivity index (χ3n) is 4.42. The number of hydroxylamine groups is 1. The molecule has 1 aromatic rings. The van der Waals surface area contributed by atoms with Crippen LogP contribution in [-0.4, -0.2) is 56.6 Å². The van der Waals surface area contributed by atoms with E-state index in [1.807, 2.05) is 0 Å². The van der Waals surface area contributed by atoms with Crippen LogP contribution in [0.4, 0.5) is 0 Å². The molecule has 0 bridgehead atoms. The summed E-state index contributed by atoms with van der Waals surface area (Å²) in [6.45, 7) is 5.53. The normalized spacial score (nSPS) is 15.5. The van der Waals surface area contributed by atoms with Gasteiger partial charge in [-0.1, -0.05) is 6.08 Å². The summed E-state index contributed by atoms with van der Waals surface area (Å²) in [5.74, 6) is -0.0419. The highest BCUT2D eigenvalue weighted by Crippen LogP contribution is 2.22. The van der Waals surface area contributed by atoms with Crippen molar-refractivity contribution in [1.82, 2.24) is 15.1 Å². The largest absolute Gasteiger partial charge is 0.493 e. The van der Waals surface area contributed by atoms with E-state index < -0.39 is 22.5 Å². The maximum atomic E-state index is 13.0. The Morgan fingerprint density at radius 3 is 2.59 bits per heavy atom. The number of sulfonamides is 1. The molecule has 1 aliphatic rings. The molecule has 0 aliphatic carbocycles. The summed E-state index contributed by atoms with van der Waals surface area (Å²) in [6, 6.07) is 6.10. The van der Waals surface area contributed by atoms with E-state index in [2.05, 4.69) is 11.9 Å². The number of nitrogens with one attached hydrogen (secondary N) is 2. The van der Waals surface area contributed by atoms with Gasteiger partial charge in [0.25, 0.3) is 5.91 Å². The van der Waals surface area contributed by atoms with Gasteiger partial charge in [-0.25, -0.2) is 13.9 Å². The van der Waals surface area contributed by atoms with Crippen LogP contribution in [0.5, 0.6) is 5.75 Å². The number of nitrogens with zero attached hydrogens (tertiary/aromatic N) is 1. The average Bonchev–Trinajstić information content (AvgIpc) is 2.68. The van der Waals surface area contributed by atoms with Crippen LogP contribution < -0.4 is 15.5 Å². The topological polar surface area (TPSA) is 108 Å². The van der Waals surface area contributed by atoms with Crippen LogP contribution in [-0.2, 0) is 14.8 Å². The maximum Gasteiger partial charge on any atom is 0.258 e. The van der Waals surface area contributed by atoms with E-state index in [0.29, 0.717) is 18.8 Å². The highest BCUT2D eigenvalue weighted by Gasteiger charge is 2.29. The molecule has 0 spiro atoms. The van der Waals surface area contributed by atoms with Gasteiger partial charge in [-0.2, -0.15) is 4.31 Å². The van der Waals surface area contributed by atoms with Gasteiger partial charge >= 0.3 is 0 Å². The van der Waals surface area contributed by atoms with Crippen molar-refractivity contribution in [2.45, 2.75) is 24.2 Å². The van der Waals surface area contributed by atoms with Crippen molar-refractivity contribution in [2.24, 2.45) is 5.92 Å². The van der Waals surface area contributed by atoms with E-state index in [1.165, 1.54) is 17.6 Å². The Morgan fingerprint density at radius 1 is 1.33 bits per heavy atom. The van der Waals surface area contributed by atoms with Crippen LogP contribution in [0.1, 0.15) is 19.3 Å². The third kappa shape index (κ3) is 6.31. The van der Waals surface area contributed by atoms with Crippen molar-refractivity contribution in [3.63, 3.8) is 0 Å². The van der Waals surface area contributed by atoms with E-state index >= 15 is 0 Å². The summed E-state index contributed by atoms with van der Waals surface area (Å²) in [6.07, 6.45) is 4.11. The monoisotopic (exact) mass is 397 g/mol. The lowest BCUT2D eigenvalue weighted by Crippen LogP contribution is -2.44. The molecule has 1 aromatic carbocycles. The third-order valence-corrected chi connectivity index (χ3v) is 6.24. The predicted molar refractivity (Wildman–Crippen MR) is 101 cm³/mol. The minimum atomic E-state index is -3.88. The fourth-order valence-electron chi connectivity index (χ4n) is 2.91. The van der Waals surface area contributed by atoms with Gasteiger partial charge < -0.3 is 10.1 Å². The molecular formula is C18H27N3O5S. The average molecular weight is 397 g/mol. The van der Waals surface area contributed by atoms with Crippen molar-refractivity contribution in [2.75, 3.05) is 32.8 Å². The molecule has 150 valence electrons. The SMILES string of the molecule is C=CCCOc1ccc(S(=O)(=O)N(CC(=O)NO)CC2CCNCC2)cc1. The summed E-state index contributed by atoms with van der Waals surface area (Å²) in [5, 5.41) is 12.0. The lowest BCUT2D eigenvalue weighted by molar-refractivity contribution is -0.129. The van der Waals surface area contributed by atoms with Crippen molar-refractivity contribution < 1.29 is 23.2 Å². The van der Waals surface area contributed by atoms with E-state index in [4.69, 9.17) is 9.94 Å². The van der Waals surface area contributed by atoms with E-state index in [1.54, 1.807) is 18.2 Å². The zero-order chi connectivity index (χ0) is 19.7. The summed E-state index contributed by atoms with van der Waals surface area (Å²) in [4.78, 5) is 11.7. The van der Waals surface area contributed by atoms with Crippen molar-refractivity contribution in [3.8, 4) is 5.75 Å². The minimum Gasteiger partial charge on any atom is -0.493 e. The molecule has 9 heteroatoms. The first-order chi connectivity index (χ1) is 13.0. The number of hydrogen-bond donors (Lipinski definition) is 3. The van der Waals surface area contributed by atoms with Gasteiger partial charge in [-0.3, -0.25) is 10.0 Å². The molecule has 0 aromatic heterocycles. The van der Waals surface area contributed by atoms with Crippen LogP contribution in [0.15, 0.2) is 41.8 Å². The highest BCUT2D eigenvalue weighted by molar-refractivity contribution is 7.89. The van der Waals surface area contributed by atoms with Gasteiger partial charge in [0.2, 0.25) is 10.0 Å². The Kier molecular flexibility index (Phi) is 8.23. The molecule has 0 saturated carbocycles. The van der Waals surface area contributed by atoms with Gasteiger partial charge in [0, 0.05) is 6.54 Å². The molecule has 0 atom stereocenters. The van der Waals surface area contributed by atoms with Crippen LogP contribution in [0.2, 0.25) is 0 Å². The van der Waals surface area contributed by atoms with Crippen LogP contribution in [0, 0.1) is 5.92 Å². The summed E-state index contributed by atoms with van der Waals surface area (Å²) >= 11 is 0. The zero-order valence-electron chi connectivity index (χ0n) is 15.3. The standard InChI is InChI=1S/C18H27N3O5S/c1-2-3-12-26-16-4-6-17(7-5-16)27(24,25)21(14-18(22)20-23)13-15-8-10-19-11-9-15/h2,4-7,15,19,23H,1,3,8-14H2,(H,20,22). The molecular weight excluding hydrogens is 370 g/mol. The molecule has 1 fully saturated rings. The smallest absolute Gasteiger partial charge is 0.258 e. The Labute approximate surface area is 160 Å². The summed E-state index contributed by atoms with van der Waals surface area (Å²) in [5.41, 5.74) is 1.51. The first-order valence-electron chi connectivity index (χ1n) is 8.95. The number of rotatable bonds is 10. The predicted octanol–water partition coefficient (Wildman–Crippen LogP) is 1.14. The Morgan fingerprint density at radius 2 is 2.00 bits per heavy atom. The Hall–Kier alpha value is -1.94. The Bertz CT molecular complexity index is 715. The van der Waals surface area contributed by atoms with Gasteiger partial charge in [0.05, 0.1) is 18.0 Å². The summed E-state index contributed by atoms with van der Waals surface area (Å²) < 4.78 is 32.7. The van der Waals surface area contributed by atoms with Crippen LogP contribution >= 0.6 is 0 Å². The van der Waals surface area contributed by atoms with E-state index in [9.17, 15) is 13.2 Å². The van der Waals surface area contributed by atoms with Crippen LogP contribution in [0.25, 0.3) is 0 Å². The second kappa shape index (κ2) is 10.4. The first-order valence-corrected chi connectivity index (χ1v) is 10.4. The zero-order valence-corrected chi connectivity index (χ0v) is 16.1. The molecule has 3 N–H and O–H groups in total. The molecule has 8 nitrogen and oxygen atoms in total. The highest BCUT2D eigenvalue weighted by atomic mass is 32.2. The number of piperidine rings is 1. The number of ether oxygens (including phenoxy) is 1. The first kappa shape index (κ1) is 21.4. The molecule has 0 radical (unpaired) electrons. The number of amides is 1. The molecule has 1 amide bonds. The fourth-order valence-corrected chi connectivity index (χ4v) is 4.38. The van der Waals surface area contributed by atoms with E-state index in [-0.39, 0.29) is 17.4 Å². The van der Waals surface area contributed by atoms with Crippen LogP contribution in [0.3, 0.4) is 0 Å². The van der Waals surface area contributed by atoms with Gasteiger partial charge in [0.15, 0.2) is 0 Å².